The van der Waals surface area contributed by atoms with Gasteiger partial charge in [-0.25, -0.2) is 9.59 Å². The summed E-state index contributed by atoms with van der Waals surface area (Å²) < 4.78 is 10.3. The minimum absolute atomic E-state index is 0.331. The number of hydrogen-bond acceptors (Lipinski definition) is 6. The molecule has 0 N–H and O–H groups in total. The van der Waals surface area contributed by atoms with E-state index in [1.807, 2.05) is 24.3 Å². The Balaban J connectivity index is 1.53. The maximum Gasteiger partial charge on any atom is 0.338 e. The van der Waals surface area contributed by atoms with E-state index in [1.165, 1.54) is 11.1 Å². The van der Waals surface area contributed by atoms with Crippen LogP contribution in [-0.2, 0) is 9.47 Å². The van der Waals surface area contributed by atoms with Crippen molar-refractivity contribution in [1.29, 1.82) is 0 Å². The van der Waals surface area contributed by atoms with Crippen molar-refractivity contribution in [3.05, 3.63) is 144 Å². The predicted octanol–water partition coefficient (Wildman–Crippen LogP) is 9.60. The van der Waals surface area contributed by atoms with E-state index in [2.05, 4.69) is 96.4 Å². The molecule has 5 rings (SSSR count). The highest BCUT2D eigenvalue weighted by Crippen LogP contribution is 2.39. The van der Waals surface area contributed by atoms with Crippen LogP contribution in [0.1, 0.15) is 45.7 Å². The van der Waals surface area contributed by atoms with Crippen molar-refractivity contribution in [1.82, 2.24) is 0 Å². The van der Waals surface area contributed by atoms with Gasteiger partial charge < -0.3 is 19.3 Å². The molecule has 0 heterocycles. The summed E-state index contributed by atoms with van der Waals surface area (Å²) in [5.74, 6) is -0.673. The minimum atomic E-state index is -0.336. The summed E-state index contributed by atoms with van der Waals surface area (Å²) in [5, 5.41) is 0. The largest absolute Gasteiger partial charge is 0.462 e. The van der Waals surface area contributed by atoms with E-state index in [4.69, 9.17) is 9.47 Å². The van der Waals surface area contributed by atoms with Crippen molar-refractivity contribution < 1.29 is 19.1 Å². The molecule has 6 heteroatoms. The Bertz CT molecular complexity index is 1560. The first-order valence-electron chi connectivity index (χ1n) is 14.8. The van der Waals surface area contributed by atoms with Gasteiger partial charge in [0.2, 0.25) is 0 Å². The van der Waals surface area contributed by atoms with Crippen LogP contribution in [0.4, 0.5) is 34.1 Å². The molecule has 0 bridgehead atoms. The highest BCUT2D eigenvalue weighted by molar-refractivity contribution is 5.91. The molecule has 0 atom stereocenters. The third kappa shape index (κ3) is 6.81. The van der Waals surface area contributed by atoms with Crippen LogP contribution in [0.2, 0.25) is 0 Å². The number of esters is 2. The van der Waals surface area contributed by atoms with Crippen molar-refractivity contribution in [3.63, 3.8) is 0 Å². The molecule has 0 saturated heterocycles. The summed E-state index contributed by atoms with van der Waals surface area (Å²) in [5.41, 5.74) is 9.11. The van der Waals surface area contributed by atoms with E-state index < -0.39 is 0 Å². The lowest BCUT2D eigenvalue weighted by atomic mass is 10.1. The molecule has 0 radical (unpaired) electrons. The standard InChI is InChI=1S/C38H36N2O4/c1-5-43-37(41)29-11-19-33(20-12-29)39(31-15-7-27(3)8-16-31)35-23-25-36(26-24-35)40(32-17-9-28(4)10-18-32)34-21-13-30(14-22-34)38(42)44-6-2/h7-26H,5-6H2,1-4H3. The summed E-state index contributed by atoms with van der Waals surface area (Å²) in [4.78, 5) is 28.9. The van der Waals surface area contributed by atoms with Gasteiger partial charge in [0.25, 0.3) is 0 Å². The van der Waals surface area contributed by atoms with Gasteiger partial charge in [0.1, 0.15) is 0 Å². The summed E-state index contributed by atoms with van der Waals surface area (Å²) in [6.07, 6.45) is 0. The lowest BCUT2D eigenvalue weighted by Gasteiger charge is -2.28. The first-order chi connectivity index (χ1) is 21.4. The van der Waals surface area contributed by atoms with E-state index >= 15 is 0 Å². The van der Waals surface area contributed by atoms with E-state index in [0.29, 0.717) is 24.3 Å². The fraction of sp³-hybridized carbons (Fsp3) is 0.158. The van der Waals surface area contributed by atoms with Gasteiger partial charge >= 0.3 is 11.9 Å². The second kappa shape index (κ2) is 13.7. The summed E-state index contributed by atoms with van der Waals surface area (Å²) in [6.45, 7) is 8.39. The molecular formula is C38H36N2O4. The van der Waals surface area contributed by atoms with Crippen molar-refractivity contribution in [2.45, 2.75) is 27.7 Å². The Labute approximate surface area is 259 Å². The molecule has 44 heavy (non-hydrogen) atoms. The van der Waals surface area contributed by atoms with Crippen LogP contribution in [0.5, 0.6) is 0 Å². The third-order valence-corrected chi connectivity index (χ3v) is 7.22. The Kier molecular flexibility index (Phi) is 9.40. The molecule has 5 aromatic rings. The Morgan fingerprint density at radius 2 is 0.659 bits per heavy atom. The Morgan fingerprint density at radius 1 is 0.432 bits per heavy atom. The zero-order chi connectivity index (χ0) is 31.1. The fourth-order valence-electron chi connectivity index (χ4n) is 4.95. The highest BCUT2D eigenvalue weighted by Gasteiger charge is 2.17. The van der Waals surface area contributed by atoms with Crippen LogP contribution < -0.4 is 9.80 Å². The van der Waals surface area contributed by atoms with Crippen LogP contribution >= 0.6 is 0 Å². The second-order valence-electron chi connectivity index (χ2n) is 10.4. The number of aryl methyl sites for hydroxylation is 2. The number of nitrogens with zero attached hydrogens (tertiary/aromatic N) is 2. The number of hydrogen-bond donors (Lipinski definition) is 0. The van der Waals surface area contributed by atoms with Crippen LogP contribution in [-0.4, -0.2) is 25.2 Å². The molecule has 0 aliphatic rings. The van der Waals surface area contributed by atoms with Gasteiger partial charge in [-0.2, -0.15) is 0 Å². The molecule has 222 valence electrons. The minimum Gasteiger partial charge on any atom is -0.462 e. The van der Waals surface area contributed by atoms with Gasteiger partial charge in [-0.3, -0.25) is 0 Å². The number of rotatable bonds is 10. The predicted molar refractivity (Wildman–Crippen MR) is 177 cm³/mol. The molecule has 5 aromatic carbocycles. The van der Waals surface area contributed by atoms with Crippen molar-refractivity contribution in [2.75, 3.05) is 23.0 Å². The molecule has 0 fully saturated rings. The molecular weight excluding hydrogens is 548 g/mol. The smallest absolute Gasteiger partial charge is 0.338 e. The van der Waals surface area contributed by atoms with E-state index in [9.17, 15) is 9.59 Å². The normalized spacial score (nSPS) is 10.6. The van der Waals surface area contributed by atoms with Gasteiger partial charge in [0.15, 0.2) is 0 Å². The van der Waals surface area contributed by atoms with Crippen molar-refractivity contribution in [3.8, 4) is 0 Å². The monoisotopic (exact) mass is 584 g/mol. The lowest BCUT2D eigenvalue weighted by molar-refractivity contribution is 0.0517. The van der Waals surface area contributed by atoms with Gasteiger partial charge in [0, 0.05) is 34.1 Å². The lowest BCUT2D eigenvalue weighted by Crippen LogP contribution is -2.13. The molecule has 0 spiro atoms. The molecule has 0 aliphatic carbocycles. The molecule has 0 aromatic heterocycles. The molecule has 0 unspecified atom stereocenters. The summed E-state index contributed by atoms with van der Waals surface area (Å²) in [7, 11) is 0. The summed E-state index contributed by atoms with van der Waals surface area (Å²) >= 11 is 0. The summed E-state index contributed by atoms with van der Waals surface area (Å²) in [6, 6.07) is 40.0. The van der Waals surface area contributed by atoms with E-state index in [0.717, 1.165) is 34.1 Å². The Hall–Kier alpha value is -5.36. The van der Waals surface area contributed by atoms with Crippen LogP contribution in [0.3, 0.4) is 0 Å². The number of benzene rings is 5. The van der Waals surface area contributed by atoms with Gasteiger partial charge in [-0.15, -0.1) is 0 Å². The zero-order valence-electron chi connectivity index (χ0n) is 25.5. The number of carbonyl (C=O) groups excluding carboxylic acids is 2. The van der Waals surface area contributed by atoms with Crippen molar-refractivity contribution >= 4 is 46.1 Å². The molecule has 0 aliphatic heterocycles. The Morgan fingerprint density at radius 3 is 0.909 bits per heavy atom. The zero-order valence-corrected chi connectivity index (χ0v) is 25.5. The SMILES string of the molecule is CCOC(=O)c1ccc(N(c2ccc(C)cc2)c2ccc(N(c3ccc(C)cc3)c3ccc(C(=O)OCC)cc3)cc2)cc1. The molecule has 0 saturated carbocycles. The van der Waals surface area contributed by atoms with Crippen molar-refractivity contribution in [2.24, 2.45) is 0 Å². The first kappa shape index (κ1) is 30.1. The van der Waals surface area contributed by atoms with E-state index in [1.54, 1.807) is 38.1 Å². The third-order valence-electron chi connectivity index (χ3n) is 7.22. The quantitative estimate of drug-likeness (QED) is 0.152. The van der Waals surface area contributed by atoms with E-state index in [-0.39, 0.29) is 11.9 Å². The van der Waals surface area contributed by atoms with Gasteiger partial charge in [0.05, 0.1) is 24.3 Å². The fourth-order valence-corrected chi connectivity index (χ4v) is 4.95. The second-order valence-corrected chi connectivity index (χ2v) is 10.4. The molecule has 6 nitrogen and oxygen atoms in total. The average molecular weight is 585 g/mol. The van der Waals surface area contributed by atoms with Crippen LogP contribution in [0.15, 0.2) is 121 Å². The number of anilines is 6. The maximum absolute atomic E-state index is 12.3. The number of ether oxygens (including phenoxy) is 2. The molecule has 0 amide bonds. The number of carbonyl (C=O) groups is 2. The average Bonchev–Trinajstić information content (AvgIpc) is 3.05. The van der Waals surface area contributed by atoms with Crippen LogP contribution in [0.25, 0.3) is 0 Å². The first-order valence-corrected chi connectivity index (χ1v) is 14.8. The van der Waals surface area contributed by atoms with Gasteiger partial charge in [-0.1, -0.05) is 35.4 Å². The maximum atomic E-state index is 12.3. The van der Waals surface area contributed by atoms with Crippen LogP contribution in [0, 0.1) is 13.8 Å². The topological polar surface area (TPSA) is 59.1 Å². The van der Waals surface area contributed by atoms with Gasteiger partial charge in [-0.05, 0) is 125 Å². The highest BCUT2D eigenvalue weighted by atomic mass is 16.5.